The highest BCUT2D eigenvalue weighted by atomic mass is 32.1. The van der Waals surface area contributed by atoms with Gasteiger partial charge in [-0.2, -0.15) is 0 Å². The van der Waals surface area contributed by atoms with E-state index >= 15 is 0 Å². The quantitative estimate of drug-likeness (QED) is 0.396. The molecular weight excluding hydrogens is 422 g/mol. The Morgan fingerprint density at radius 3 is 2.70 bits per heavy atom. The lowest BCUT2D eigenvalue weighted by molar-refractivity contribution is 0.350. The number of nitrogens with zero attached hydrogens (tertiary/aromatic N) is 2. The van der Waals surface area contributed by atoms with Crippen LogP contribution in [0.3, 0.4) is 0 Å². The molecule has 2 aliphatic rings. The van der Waals surface area contributed by atoms with E-state index < -0.39 is 0 Å². The van der Waals surface area contributed by atoms with E-state index in [4.69, 9.17) is 4.98 Å². The van der Waals surface area contributed by atoms with Crippen LogP contribution in [0.4, 0.5) is 0 Å². The minimum atomic E-state index is 0.203. The van der Waals surface area contributed by atoms with Crippen LogP contribution in [0, 0.1) is 12.8 Å². The number of benzene rings is 1. The molecule has 0 bridgehead atoms. The Kier molecular flexibility index (Phi) is 6.22. The van der Waals surface area contributed by atoms with Crippen LogP contribution in [0.2, 0.25) is 0 Å². The molecule has 0 atom stereocenters. The Balaban J connectivity index is 1.37. The lowest BCUT2D eigenvalue weighted by Gasteiger charge is -2.22. The largest absolute Gasteiger partial charge is 0.388 e. The summed E-state index contributed by atoms with van der Waals surface area (Å²) in [4.78, 5) is 5.08. The molecule has 0 radical (unpaired) electrons. The van der Waals surface area contributed by atoms with Crippen LogP contribution in [-0.4, -0.2) is 16.1 Å². The Hall–Kier alpha value is -2.33. The van der Waals surface area contributed by atoms with E-state index in [1.807, 2.05) is 0 Å². The minimum absolute atomic E-state index is 0.203. The van der Waals surface area contributed by atoms with E-state index in [2.05, 4.69) is 72.9 Å². The molecule has 4 heteroatoms. The number of hydrogen-bond acceptors (Lipinski definition) is 3. The maximum atomic E-state index is 5.08. The third-order valence-corrected chi connectivity index (χ3v) is 8.54. The topological polar surface area (TPSA) is 29.9 Å². The van der Waals surface area contributed by atoms with E-state index in [0.717, 1.165) is 41.8 Å². The van der Waals surface area contributed by atoms with Crippen molar-refractivity contribution in [3.63, 3.8) is 0 Å². The van der Waals surface area contributed by atoms with E-state index in [-0.39, 0.29) is 5.41 Å². The fraction of sp³-hybridized carbons (Fsp3) is 0.483. The van der Waals surface area contributed by atoms with E-state index in [1.54, 1.807) is 11.3 Å². The van der Waals surface area contributed by atoms with Crippen molar-refractivity contribution >= 4 is 11.3 Å². The lowest BCUT2D eigenvalue weighted by Crippen LogP contribution is -2.24. The van der Waals surface area contributed by atoms with Crippen molar-refractivity contribution in [2.24, 2.45) is 5.92 Å². The van der Waals surface area contributed by atoms with Crippen LogP contribution in [0.5, 0.6) is 0 Å². The Morgan fingerprint density at radius 2 is 1.94 bits per heavy atom. The van der Waals surface area contributed by atoms with Crippen LogP contribution in [0.25, 0.3) is 21.8 Å². The first kappa shape index (κ1) is 22.5. The van der Waals surface area contributed by atoms with Crippen LogP contribution >= 0.6 is 11.3 Å². The van der Waals surface area contributed by atoms with E-state index in [9.17, 15) is 0 Å². The van der Waals surface area contributed by atoms with Crippen molar-refractivity contribution in [2.45, 2.75) is 77.7 Å². The number of thiazole rings is 1. The van der Waals surface area contributed by atoms with Crippen molar-refractivity contribution in [1.29, 1.82) is 0 Å². The number of aromatic nitrogens is 2. The van der Waals surface area contributed by atoms with E-state index in [0.29, 0.717) is 0 Å². The summed E-state index contributed by atoms with van der Waals surface area (Å²) in [6.45, 7) is 13.3. The van der Waals surface area contributed by atoms with Gasteiger partial charge in [0.1, 0.15) is 5.01 Å². The zero-order valence-corrected chi connectivity index (χ0v) is 21.2. The molecule has 3 nitrogen and oxygen atoms in total. The second-order valence-corrected chi connectivity index (χ2v) is 11.6. The summed E-state index contributed by atoms with van der Waals surface area (Å²) in [5.41, 5.74) is 9.04. The SMILES string of the molecule is C=C(Cc1csc(-c2cc3n(c2-c2ccc(C)cc2)CCC3(C)C)n1)NCC1CCCCC1. The van der Waals surface area contributed by atoms with Gasteiger partial charge in [0.2, 0.25) is 0 Å². The first-order valence-corrected chi connectivity index (χ1v) is 13.5. The molecule has 1 aromatic carbocycles. The van der Waals surface area contributed by atoms with Gasteiger partial charge in [-0.1, -0.05) is 69.5 Å². The van der Waals surface area contributed by atoms with Gasteiger partial charge >= 0.3 is 0 Å². The summed E-state index contributed by atoms with van der Waals surface area (Å²) in [6, 6.07) is 11.4. The first-order chi connectivity index (χ1) is 15.9. The molecular formula is C29H37N3S. The molecule has 33 heavy (non-hydrogen) atoms. The summed E-state index contributed by atoms with van der Waals surface area (Å²) >= 11 is 1.77. The molecule has 1 N–H and O–H groups in total. The lowest BCUT2D eigenvalue weighted by atomic mass is 9.88. The van der Waals surface area contributed by atoms with Gasteiger partial charge in [0.15, 0.2) is 0 Å². The molecule has 0 amide bonds. The number of nitrogens with one attached hydrogen (secondary N) is 1. The molecule has 2 aromatic heterocycles. The third kappa shape index (κ3) is 4.68. The Bertz CT molecular complexity index is 1130. The summed E-state index contributed by atoms with van der Waals surface area (Å²) in [5.74, 6) is 0.811. The normalized spacial score (nSPS) is 17.8. The van der Waals surface area contributed by atoms with Gasteiger partial charge in [-0.05, 0) is 43.7 Å². The second-order valence-electron chi connectivity index (χ2n) is 10.8. The third-order valence-electron chi connectivity index (χ3n) is 7.62. The predicted octanol–water partition coefficient (Wildman–Crippen LogP) is 7.49. The number of rotatable bonds is 7. The summed E-state index contributed by atoms with van der Waals surface area (Å²) in [7, 11) is 0. The first-order valence-electron chi connectivity index (χ1n) is 12.6. The van der Waals surface area contributed by atoms with E-state index in [1.165, 1.54) is 66.6 Å². The van der Waals surface area contributed by atoms with Gasteiger partial charge in [-0.25, -0.2) is 4.98 Å². The predicted molar refractivity (Wildman–Crippen MR) is 141 cm³/mol. The van der Waals surface area contributed by atoms with Crippen molar-refractivity contribution < 1.29 is 0 Å². The monoisotopic (exact) mass is 459 g/mol. The number of hydrogen-bond donors (Lipinski definition) is 1. The van der Waals surface area contributed by atoms with Crippen LogP contribution < -0.4 is 5.32 Å². The molecule has 5 rings (SSSR count). The maximum absolute atomic E-state index is 5.08. The van der Waals surface area contributed by atoms with Gasteiger partial charge in [-0.15, -0.1) is 11.3 Å². The molecule has 0 spiro atoms. The molecule has 0 saturated heterocycles. The van der Waals surface area contributed by atoms with Crippen molar-refractivity contribution in [3.05, 3.63) is 64.9 Å². The van der Waals surface area contributed by atoms with Crippen LogP contribution in [-0.2, 0) is 18.4 Å². The average molecular weight is 460 g/mol. The fourth-order valence-electron chi connectivity index (χ4n) is 5.52. The highest BCUT2D eigenvalue weighted by molar-refractivity contribution is 7.13. The molecule has 1 fully saturated rings. The molecule has 3 heterocycles. The molecule has 1 saturated carbocycles. The second kappa shape index (κ2) is 9.13. The zero-order valence-electron chi connectivity index (χ0n) is 20.4. The van der Waals surface area contributed by atoms with Crippen molar-refractivity contribution in [1.82, 2.24) is 14.9 Å². The summed E-state index contributed by atoms with van der Waals surface area (Å²) < 4.78 is 2.53. The molecule has 1 aliphatic carbocycles. The van der Waals surface area contributed by atoms with Crippen molar-refractivity contribution in [2.75, 3.05) is 6.54 Å². The molecule has 0 unspecified atom stereocenters. The van der Waals surface area contributed by atoms with Crippen molar-refractivity contribution in [3.8, 4) is 21.8 Å². The molecule has 3 aromatic rings. The summed E-state index contributed by atoms with van der Waals surface area (Å²) in [6.07, 6.45) is 8.90. The molecule has 174 valence electrons. The highest BCUT2D eigenvalue weighted by Crippen LogP contribution is 2.45. The van der Waals surface area contributed by atoms with Crippen LogP contribution in [0.15, 0.2) is 48.0 Å². The summed E-state index contributed by atoms with van der Waals surface area (Å²) in [5, 5.41) is 6.94. The minimum Gasteiger partial charge on any atom is -0.388 e. The van der Waals surface area contributed by atoms with Gasteiger partial charge in [0.25, 0.3) is 0 Å². The maximum Gasteiger partial charge on any atom is 0.125 e. The van der Waals surface area contributed by atoms with Crippen LogP contribution in [0.1, 0.15) is 69.3 Å². The standard InChI is InChI=1S/C29H37N3S/c1-20-10-12-23(13-11-20)27-25(17-26-29(3,4)14-15-32(26)27)28-31-24(19-33-28)16-21(2)30-18-22-8-6-5-7-9-22/h10-13,17,19,22,30H,2,5-9,14-16,18H2,1,3-4H3. The van der Waals surface area contributed by atoms with Gasteiger partial charge < -0.3 is 9.88 Å². The fourth-order valence-corrected chi connectivity index (χ4v) is 6.36. The van der Waals surface area contributed by atoms with Gasteiger partial charge in [0.05, 0.1) is 11.4 Å². The van der Waals surface area contributed by atoms with Gasteiger partial charge in [0, 0.05) is 47.3 Å². The zero-order chi connectivity index (χ0) is 23.0. The number of fused-ring (bicyclic) bond motifs is 1. The highest BCUT2D eigenvalue weighted by Gasteiger charge is 2.34. The molecule has 1 aliphatic heterocycles. The average Bonchev–Trinajstić information content (AvgIpc) is 3.49. The number of allylic oxidation sites excluding steroid dienone is 1. The van der Waals surface area contributed by atoms with Gasteiger partial charge in [-0.3, -0.25) is 0 Å². The smallest absolute Gasteiger partial charge is 0.125 e. The number of aryl methyl sites for hydroxylation is 1. The Labute approximate surface area is 203 Å². The Morgan fingerprint density at radius 1 is 1.18 bits per heavy atom.